The predicted octanol–water partition coefficient (Wildman–Crippen LogP) is 3.41. The molecule has 0 aromatic heterocycles. The first-order valence-electron chi connectivity index (χ1n) is 9.86. The number of amides is 1. The molecule has 0 aliphatic rings. The molecule has 1 amide bonds. The van der Waals surface area contributed by atoms with Crippen LogP contribution in [0.5, 0.6) is 17.2 Å². The van der Waals surface area contributed by atoms with Crippen molar-refractivity contribution in [3.05, 3.63) is 77.3 Å². The molecule has 0 radical (unpaired) electrons. The highest BCUT2D eigenvalue weighted by molar-refractivity contribution is 7.92. The molecule has 0 unspecified atom stereocenters. The molecular weight excluding hydrogens is 482 g/mol. The first kappa shape index (κ1) is 24.9. The van der Waals surface area contributed by atoms with Crippen LogP contribution >= 0.6 is 11.6 Å². The number of carbonyl (C=O) groups is 1. The lowest BCUT2D eigenvalue weighted by atomic mass is 10.2. The fourth-order valence-electron chi connectivity index (χ4n) is 3.00. The lowest BCUT2D eigenvalue weighted by molar-refractivity contribution is -0.119. The van der Waals surface area contributed by atoms with Gasteiger partial charge in [-0.2, -0.15) is 5.10 Å². The molecule has 0 aliphatic carbocycles. The lowest BCUT2D eigenvalue weighted by Crippen LogP contribution is -2.39. The third-order valence-electron chi connectivity index (χ3n) is 4.63. The van der Waals surface area contributed by atoms with Gasteiger partial charge in [0.05, 0.1) is 31.0 Å². The summed E-state index contributed by atoms with van der Waals surface area (Å²) in [5.74, 6) is -0.288. The predicted molar refractivity (Wildman–Crippen MR) is 129 cm³/mol. The number of phenolic OH excluding ortho intramolecular Hbond substituents is 1. The number of phenols is 1. The number of hydrogen-bond donors (Lipinski definition) is 2. The van der Waals surface area contributed by atoms with Crippen molar-refractivity contribution in [3.63, 3.8) is 0 Å². The number of aromatic hydroxyl groups is 1. The van der Waals surface area contributed by atoms with Gasteiger partial charge in [-0.15, -0.1) is 0 Å². The van der Waals surface area contributed by atoms with Crippen LogP contribution in [0.3, 0.4) is 0 Å². The molecule has 0 saturated heterocycles. The Balaban J connectivity index is 1.89. The SMILES string of the molecule is COc1cc(/C=N\NC(=O)CN(c2cc(Cl)ccc2OC)S(=O)(=O)c2ccccc2)ccc1O. The summed E-state index contributed by atoms with van der Waals surface area (Å²) in [4.78, 5) is 12.7. The Bertz CT molecular complexity index is 1300. The molecule has 3 rings (SSSR count). The van der Waals surface area contributed by atoms with E-state index in [0.29, 0.717) is 5.56 Å². The Hall–Kier alpha value is -3.76. The zero-order chi connectivity index (χ0) is 24.7. The molecule has 0 bridgehead atoms. The van der Waals surface area contributed by atoms with Crippen LogP contribution in [0.25, 0.3) is 0 Å². The molecule has 0 heterocycles. The fourth-order valence-corrected chi connectivity index (χ4v) is 4.61. The molecule has 0 saturated carbocycles. The summed E-state index contributed by atoms with van der Waals surface area (Å²) in [5, 5.41) is 13.8. The topological polar surface area (TPSA) is 118 Å². The number of anilines is 1. The van der Waals surface area contributed by atoms with Gasteiger partial charge in [0.2, 0.25) is 0 Å². The second-order valence-corrected chi connectivity index (χ2v) is 9.16. The molecule has 0 fully saturated rings. The maximum Gasteiger partial charge on any atom is 0.264 e. The Morgan fingerprint density at radius 3 is 2.44 bits per heavy atom. The van der Waals surface area contributed by atoms with Crippen LogP contribution in [0.1, 0.15) is 5.56 Å². The van der Waals surface area contributed by atoms with Crippen molar-refractivity contribution in [2.45, 2.75) is 4.90 Å². The van der Waals surface area contributed by atoms with Gasteiger partial charge in [-0.1, -0.05) is 29.8 Å². The summed E-state index contributed by atoms with van der Waals surface area (Å²) in [6, 6.07) is 16.7. The number of carbonyl (C=O) groups excluding carboxylic acids is 1. The number of ether oxygens (including phenoxy) is 2. The molecule has 9 nitrogen and oxygen atoms in total. The van der Waals surface area contributed by atoms with Crippen LogP contribution in [0.2, 0.25) is 5.02 Å². The summed E-state index contributed by atoms with van der Waals surface area (Å²) < 4.78 is 38.1. The Morgan fingerprint density at radius 2 is 1.76 bits per heavy atom. The van der Waals surface area contributed by atoms with Crippen molar-refractivity contribution in [1.29, 1.82) is 0 Å². The Morgan fingerprint density at radius 1 is 1.06 bits per heavy atom. The molecule has 3 aromatic rings. The van der Waals surface area contributed by atoms with Crippen molar-refractivity contribution >= 4 is 39.4 Å². The summed E-state index contributed by atoms with van der Waals surface area (Å²) >= 11 is 6.11. The van der Waals surface area contributed by atoms with E-state index in [1.165, 1.54) is 56.8 Å². The second kappa shape index (κ2) is 10.9. The van der Waals surface area contributed by atoms with E-state index >= 15 is 0 Å². The van der Waals surface area contributed by atoms with Crippen molar-refractivity contribution in [2.24, 2.45) is 5.10 Å². The number of methoxy groups -OCH3 is 2. The van der Waals surface area contributed by atoms with Crippen molar-refractivity contribution in [1.82, 2.24) is 5.43 Å². The molecule has 3 aromatic carbocycles. The average Bonchev–Trinajstić information content (AvgIpc) is 2.84. The number of halogens is 1. The highest BCUT2D eigenvalue weighted by Crippen LogP contribution is 2.34. The van der Waals surface area contributed by atoms with Crippen LogP contribution < -0.4 is 19.2 Å². The van der Waals surface area contributed by atoms with Crippen LogP contribution in [-0.4, -0.2) is 46.4 Å². The normalized spacial score (nSPS) is 11.3. The highest BCUT2D eigenvalue weighted by atomic mass is 35.5. The Kier molecular flexibility index (Phi) is 7.98. The van der Waals surface area contributed by atoms with Crippen LogP contribution in [0.15, 0.2) is 76.7 Å². The number of sulfonamides is 1. The van der Waals surface area contributed by atoms with Gasteiger partial charge >= 0.3 is 0 Å². The van der Waals surface area contributed by atoms with E-state index in [0.717, 1.165) is 4.31 Å². The van der Waals surface area contributed by atoms with Gasteiger partial charge in [-0.05, 0) is 54.1 Å². The number of hydrogen-bond acceptors (Lipinski definition) is 7. The zero-order valence-electron chi connectivity index (χ0n) is 18.3. The van der Waals surface area contributed by atoms with Gasteiger partial charge in [0.15, 0.2) is 11.5 Å². The standard InChI is InChI=1S/C23H22ClN3O6S/c1-32-21-11-9-17(24)13-19(21)27(34(30,31)18-6-4-3-5-7-18)15-23(29)26-25-14-16-8-10-20(28)22(12-16)33-2/h3-14,28H,15H2,1-2H3,(H,26,29)/b25-14-. The van der Waals surface area contributed by atoms with Crippen molar-refractivity contribution < 1.29 is 27.8 Å². The van der Waals surface area contributed by atoms with E-state index < -0.39 is 22.5 Å². The number of rotatable bonds is 9. The largest absolute Gasteiger partial charge is 0.504 e. The molecule has 34 heavy (non-hydrogen) atoms. The smallest absolute Gasteiger partial charge is 0.264 e. The minimum absolute atomic E-state index is 0.00971. The zero-order valence-corrected chi connectivity index (χ0v) is 19.9. The van der Waals surface area contributed by atoms with Gasteiger partial charge < -0.3 is 14.6 Å². The van der Waals surface area contributed by atoms with Gasteiger partial charge in [0.1, 0.15) is 12.3 Å². The minimum atomic E-state index is -4.15. The minimum Gasteiger partial charge on any atom is -0.504 e. The molecule has 0 atom stereocenters. The van der Waals surface area contributed by atoms with E-state index in [4.69, 9.17) is 21.1 Å². The van der Waals surface area contributed by atoms with Crippen molar-refractivity contribution in [2.75, 3.05) is 25.1 Å². The first-order valence-corrected chi connectivity index (χ1v) is 11.7. The van der Waals surface area contributed by atoms with Crippen LogP contribution in [0.4, 0.5) is 5.69 Å². The van der Waals surface area contributed by atoms with E-state index in [-0.39, 0.29) is 32.9 Å². The maximum absolute atomic E-state index is 13.4. The number of nitrogens with zero attached hydrogens (tertiary/aromatic N) is 2. The monoisotopic (exact) mass is 503 g/mol. The van der Waals surface area contributed by atoms with Gasteiger partial charge in [0.25, 0.3) is 15.9 Å². The Labute approximate surface area is 202 Å². The summed E-state index contributed by atoms with van der Waals surface area (Å²) in [7, 11) is -1.36. The fraction of sp³-hybridized carbons (Fsp3) is 0.130. The van der Waals surface area contributed by atoms with Crippen LogP contribution in [0, 0.1) is 0 Å². The van der Waals surface area contributed by atoms with E-state index in [9.17, 15) is 18.3 Å². The van der Waals surface area contributed by atoms with E-state index in [2.05, 4.69) is 10.5 Å². The summed E-state index contributed by atoms with van der Waals surface area (Å²) in [5.41, 5.74) is 2.95. The van der Waals surface area contributed by atoms with E-state index in [1.54, 1.807) is 30.3 Å². The first-order chi connectivity index (χ1) is 16.3. The van der Waals surface area contributed by atoms with Gasteiger partial charge in [-0.25, -0.2) is 13.8 Å². The maximum atomic E-state index is 13.4. The van der Waals surface area contributed by atoms with Crippen LogP contribution in [-0.2, 0) is 14.8 Å². The lowest BCUT2D eigenvalue weighted by Gasteiger charge is -2.25. The number of benzene rings is 3. The van der Waals surface area contributed by atoms with Gasteiger partial charge in [0, 0.05) is 5.02 Å². The third kappa shape index (κ3) is 5.77. The molecule has 0 spiro atoms. The van der Waals surface area contributed by atoms with Gasteiger partial charge in [-0.3, -0.25) is 9.10 Å². The second-order valence-electron chi connectivity index (χ2n) is 6.87. The number of nitrogens with one attached hydrogen (secondary N) is 1. The molecule has 0 aliphatic heterocycles. The highest BCUT2D eigenvalue weighted by Gasteiger charge is 2.29. The number of hydrazone groups is 1. The van der Waals surface area contributed by atoms with E-state index in [1.807, 2.05) is 0 Å². The van der Waals surface area contributed by atoms with Crippen molar-refractivity contribution in [3.8, 4) is 17.2 Å². The summed E-state index contributed by atoms with van der Waals surface area (Å²) in [6.07, 6.45) is 1.33. The molecule has 178 valence electrons. The summed E-state index contributed by atoms with van der Waals surface area (Å²) in [6.45, 7) is -0.593. The molecular formula is C23H22ClN3O6S. The molecule has 11 heteroatoms. The quantitative estimate of drug-likeness (QED) is 0.341. The average molecular weight is 504 g/mol. The third-order valence-corrected chi connectivity index (χ3v) is 6.64. The molecule has 2 N–H and O–H groups in total.